The number of hydrogen-bond donors (Lipinski definition) is 1. The molecule has 8 heteroatoms. The van der Waals surface area contributed by atoms with Crippen molar-refractivity contribution in [3.8, 4) is 0 Å². The van der Waals surface area contributed by atoms with Gasteiger partial charge in [-0.25, -0.2) is 0 Å². The van der Waals surface area contributed by atoms with Crippen molar-refractivity contribution in [2.45, 2.75) is 25.7 Å². The summed E-state index contributed by atoms with van der Waals surface area (Å²) >= 11 is 0. The Morgan fingerprint density at radius 3 is 2.46 bits per heavy atom. The van der Waals surface area contributed by atoms with Gasteiger partial charge in [0.1, 0.15) is 0 Å². The Balaban J connectivity index is 1.58. The van der Waals surface area contributed by atoms with E-state index < -0.39 is 11.9 Å². The van der Waals surface area contributed by atoms with Gasteiger partial charge in [-0.3, -0.25) is 19.2 Å². The van der Waals surface area contributed by atoms with Crippen LogP contribution in [0, 0.1) is 5.92 Å². The van der Waals surface area contributed by atoms with Crippen molar-refractivity contribution in [3.63, 3.8) is 0 Å². The molecule has 0 aliphatic carbocycles. The molecule has 0 radical (unpaired) electrons. The van der Waals surface area contributed by atoms with Crippen LogP contribution < -0.4 is 4.90 Å². The molecular formula is C20H25N3O5. The Labute approximate surface area is 163 Å². The number of benzene rings is 1. The summed E-state index contributed by atoms with van der Waals surface area (Å²) in [6.07, 6.45) is 2.60. The zero-order valence-corrected chi connectivity index (χ0v) is 16.0. The highest BCUT2D eigenvalue weighted by atomic mass is 16.4. The highest BCUT2D eigenvalue weighted by Gasteiger charge is 2.29. The molecule has 0 bridgehead atoms. The Kier molecular flexibility index (Phi) is 5.96. The average Bonchev–Trinajstić information content (AvgIpc) is 3.13. The zero-order valence-electron chi connectivity index (χ0n) is 16.0. The van der Waals surface area contributed by atoms with Crippen LogP contribution in [0.4, 0.5) is 5.69 Å². The van der Waals surface area contributed by atoms with E-state index in [1.165, 1.54) is 9.80 Å². The summed E-state index contributed by atoms with van der Waals surface area (Å²) in [5.74, 6) is -1.89. The molecule has 28 heavy (non-hydrogen) atoms. The third-order valence-corrected chi connectivity index (χ3v) is 5.34. The highest BCUT2D eigenvalue weighted by Crippen LogP contribution is 2.22. The third-order valence-electron chi connectivity index (χ3n) is 5.34. The Hall–Kier alpha value is -2.90. The molecule has 1 aromatic carbocycles. The Bertz CT molecular complexity index is 777. The summed E-state index contributed by atoms with van der Waals surface area (Å²) in [6, 6.07) is 6.81. The van der Waals surface area contributed by atoms with E-state index in [1.807, 2.05) is 0 Å². The summed E-state index contributed by atoms with van der Waals surface area (Å²) < 4.78 is 0. The summed E-state index contributed by atoms with van der Waals surface area (Å²) in [6.45, 7) is 1.29. The second-order valence-corrected chi connectivity index (χ2v) is 7.37. The molecule has 3 amide bonds. The van der Waals surface area contributed by atoms with E-state index in [1.54, 1.807) is 36.2 Å². The lowest BCUT2D eigenvalue weighted by atomic mass is 9.98. The first-order valence-corrected chi connectivity index (χ1v) is 9.53. The predicted molar refractivity (Wildman–Crippen MR) is 102 cm³/mol. The Morgan fingerprint density at radius 1 is 1.14 bits per heavy atom. The molecule has 1 N–H and O–H groups in total. The van der Waals surface area contributed by atoms with Crippen molar-refractivity contribution in [2.24, 2.45) is 5.92 Å². The van der Waals surface area contributed by atoms with Gasteiger partial charge in [-0.1, -0.05) is 0 Å². The fourth-order valence-electron chi connectivity index (χ4n) is 3.71. The first-order valence-electron chi connectivity index (χ1n) is 9.53. The molecule has 0 aromatic heterocycles. The molecule has 2 fully saturated rings. The normalized spacial score (nSPS) is 19.6. The number of carbonyl (C=O) groups is 4. The quantitative estimate of drug-likeness (QED) is 0.819. The minimum Gasteiger partial charge on any atom is -0.481 e. The van der Waals surface area contributed by atoms with Gasteiger partial charge in [0.15, 0.2) is 0 Å². The molecule has 8 nitrogen and oxygen atoms in total. The van der Waals surface area contributed by atoms with Gasteiger partial charge < -0.3 is 19.8 Å². The van der Waals surface area contributed by atoms with Gasteiger partial charge >= 0.3 is 5.97 Å². The summed E-state index contributed by atoms with van der Waals surface area (Å²) in [4.78, 5) is 52.6. The summed E-state index contributed by atoms with van der Waals surface area (Å²) in [5.41, 5.74) is 1.21. The van der Waals surface area contributed by atoms with E-state index in [0.29, 0.717) is 37.9 Å². The lowest BCUT2D eigenvalue weighted by Crippen LogP contribution is -2.46. The van der Waals surface area contributed by atoms with Crippen molar-refractivity contribution >= 4 is 29.4 Å². The molecule has 2 heterocycles. The number of carboxylic acids is 1. The maximum Gasteiger partial charge on any atom is 0.308 e. The molecule has 150 valence electrons. The number of aliphatic carboxylic acids is 1. The van der Waals surface area contributed by atoms with E-state index in [0.717, 1.165) is 12.1 Å². The Morgan fingerprint density at radius 2 is 1.86 bits per heavy atom. The fourth-order valence-corrected chi connectivity index (χ4v) is 3.71. The molecule has 1 aromatic rings. The van der Waals surface area contributed by atoms with Gasteiger partial charge in [0.25, 0.3) is 5.91 Å². The number of nitrogens with zero attached hydrogens (tertiary/aromatic N) is 3. The number of likely N-dealkylation sites (N-methyl/N-ethyl adjacent to an activating group) is 1. The van der Waals surface area contributed by atoms with E-state index in [2.05, 4.69) is 0 Å². The number of rotatable bonds is 5. The number of anilines is 1. The van der Waals surface area contributed by atoms with Gasteiger partial charge in [-0.05, 0) is 43.5 Å². The molecule has 0 saturated carbocycles. The molecule has 2 aliphatic rings. The van der Waals surface area contributed by atoms with Gasteiger partial charge in [-0.15, -0.1) is 0 Å². The van der Waals surface area contributed by atoms with Crippen LogP contribution in [0.3, 0.4) is 0 Å². The van der Waals surface area contributed by atoms with Crippen LogP contribution in [0.25, 0.3) is 0 Å². The number of likely N-dealkylation sites (tertiary alicyclic amines) is 1. The lowest BCUT2D eigenvalue weighted by molar-refractivity contribution is -0.145. The number of piperidine rings is 1. The van der Waals surface area contributed by atoms with Crippen LogP contribution in [0.5, 0.6) is 0 Å². The SMILES string of the molecule is CN(CC(=O)N1CCCC(C(=O)O)C1)C(=O)c1ccc(N2CCCC2=O)cc1. The molecular weight excluding hydrogens is 362 g/mol. The zero-order chi connectivity index (χ0) is 20.3. The van der Waals surface area contributed by atoms with E-state index in [-0.39, 0.29) is 30.8 Å². The topological polar surface area (TPSA) is 98.2 Å². The maximum absolute atomic E-state index is 12.6. The van der Waals surface area contributed by atoms with Gasteiger partial charge in [-0.2, -0.15) is 0 Å². The molecule has 2 aliphatic heterocycles. The van der Waals surface area contributed by atoms with Crippen molar-refractivity contribution in [2.75, 3.05) is 38.1 Å². The minimum absolute atomic E-state index is 0.0861. The molecule has 1 unspecified atom stereocenters. The average molecular weight is 387 g/mol. The molecule has 3 rings (SSSR count). The second kappa shape index (κ2) is 8.41. The first kappa shape index (κ1) is 19.9. The smallest absolute Gasteiger partial charge is 0.308 e. The number of carbonyl (C=O) groups excluding carboxylic acids is 3. The largest absolute Gasteiger partial charge is 0.481 e. The van der Waals surface area contributed by atoms with Crippen molar-refractivity contribution in [1.82, 2.24) is 9.80 Å². The number of amides is 3. The van der Waals surface area contributed by atoms with Crippen LogP contribution in [0.15, 0.2) is 24.3 Å². The first-order chi connectivity index (χ1) is 13.4. The fraction of sp³-hybridized carbons (Fsp3) is 0.500. The lowest BCUT2D eigenvalue weighted by Gasteiger charge is -2.32. The van der Waals surface area contributed by atoms with E-state index >= 15 is 0 Å². The maximum atomic E-state index is 12.6. The van der Waals surface area contributed by atoms with Crippen molar-refractivity contribution in [1.29, 1.82) is 0 Å². The van der Waals surface area contributed by atoms with Crippen LogP contribution >= 0.6 is 0 Å². The summed E-state index contributed by atoms with van der Waals surface area (Å²) in [7, 11) is 1.55. The van der Waals surface area contributed by atoms with Gasteiger partial charge in [0.05, 0.1) is 12.5 Å². The monoisotopic (exact) mass is 387 g/mol. The standard InChI is InChI=1S/C20H25N3O5/c1-21(13-18(25)22-10-2-4-15(12-22)20(27)28)19(26)14-6-8-16(9-7-14)23-11-3-5-17(23)24/h6-9,15H,2-5,10-13H2,1H3,(H,27,28). The van der Waals surface area contributed by atoms with Gasteiger partial charge in [0, 0.05) is 44.4 Å². The van der Waals surface area contributed by atoms with Crippen LogP contribution in [-0.2, 0) is 14.4 Å². The van der Waals surface area contributed by atoms with Gasteiger partial charge in [0.2, 0.25) is 11.8 Å². The van der Waals surface area contributed by atoms with Crippen molar-refractivity contribution in [3.05, 3.63) is 29.8 Å². The molecule has 2 saturated heterocycles. The molecule has 1 atom stereocenters. The van der Waals surface area contributed by atoms with E-state index in [9.17, 15) is 19.2 Å². The van der Waals surface area contributed by atoms with Crippen LogP contribution in [0.2, 0.25) is 0 Å². The summed E-state index contributed by atoms with van der Waals surface area (Å²) in [5, 5.41) is 9.15. The highest BCUT2D eigenvalue weighted by molar-refractivity contribution is 5.98. The number of hydrogen-bond acceptors (Lipinski definition) is 4. The van der Waals surface area contributed by atoms with Crippen molar-refractivity contribution < 1.29 is 24.3 Å². The third kappa shape index (κ3) is 4.32. The predicted octanol–water partition coefficient (Wildman–Crippen LogP) is 1.21. The van der Waals surface area contributed by atoms with Crippen LogP contribution in [0.1, 0.15) is 36.0 Å². The minimum atomic E-state index is -0.890. The van der Waals surface area contributed by atoms with Crippen LogP contribution in [-0.4, -0.2) is 71.8 Å². The molecule has 0 spiro atoms. The number of carboxylic acid groups (broad SMARTS) is 1. The van der Waals surface area contributed by atoms with E-state index in [4.69, 9.17) is 5.11 Å². The second-order valence-electron chi connectivity index (χ2n) is 7.37.